The van der Waals surface area contributed by atoms with Crippen LogP contribution >= 0.6 is 34.5 Å². The van der Waals surface area contributed by atoms with E-state index in [2.05, 4.69) is 15.6 Å². The van der Waals surface area contributed by atoms with E-state index in [9.17, 15) is 9.59 Å². The minimum atomic E-state index is -0.180. The summed E-state index contributed by atoms with van der Waals surface area (Å²) in [5.41, 5.74) is 1.54. The highest BCUT2D eigenvalue weighted by molar-refractivity contribution is 7.15. The highest BCUT2D eigenvalue weighted by Gasteiger charge is 2.27. The van der Waals surface area contributed by atoms with Gasteiger partial charge in [-0.25, -0.2) is 4.98 Å². The predicted molar refractivity (Wildman–Crippen MR) is 114 cm³/mol. The van der Waals surface area contributed by atoms with E-state index in [0.717, 1.165) is 30.0 Å². The lowest BCUT2D eigenvalue weighted by Crippen LogP contribution is -2.43. The summed E-state index contributed by atoms with van der Waals surface area (Å²) in [4.78, 5) is 32.4. The second-order valence-corrected chi connectivity index (χ2v) is 8.92. The Morgan fingerprint density at radius 1 is 1.25 bits per heavy atom. The molecule has 1 unspecified atom stereocenters. The standard InChI is InChI=1S/C19H22Cl2N4O2S/c1-11-12(2)28-19(22-11)24-17(26)10-25-7-3-4-13(9-25)18(27)23-14-5-6-15(20)16(21)8-14/h5-6,8,13H,3-4,7,9-10H2,1-2H3,(H,23,27)(H,22,24,26). The molecule has 2 aromatic rings. The van der Waals surface area contributed by atoms with Crippen LogP contribution < -0.4 is 10.6 Å². The molecule has 0 radical (unpaired) electrons. The molecule has 2 N–H and O–H groups in total. The van der Waals surface area contributed by atoms with Gasteiger partial charge in [0.2, 0.25) is 11.8 Å². The molecule has 1 saturated heterocycles. The fourth-order valence-electron chi connectivity index (χ4n) is 3.12. The van der Waals surface area contributed by atoms with E-state index >= 15 is 0 Å². The summed E-state index contributed by atoms with van der Waals surface area (Å²) in [7, 11) is 0. The number of thiazole rings is 1. The Morgan fingerprint density at radius 3 is 2.71 bits per heavy atom. The molecule has 1 atom stereocenters. The number of aromatic nitrogens is 1. The molecular weight excluding hydrogens is 419 g/mol. The molecule has 28 heavy (non-hydrogen) atoms. The zero-order chi connectivity index (χ0) is 20.3. The normalized spacial score (nSPS) is 17.4. The van der Waals surface area contributed by atoms with Gasteiger partial charge in [0.15, 0.2) is 5.13 Å². The number of benzene rings is 1. The molecule has 0 saturated carbocycles. The van der Waals surface area contributed by atoms with E-state index in [4.69, 9.17) is 23.2 Å². The first-order chi connectivity index (χ1) is 13.3. The SMILES string of the molecule is Cc1nc(NC(=O)CN2CCCC(C(=O)Nc3ccc(Cl)c(Cl)c3)C2)sc1C. The number of halogens is 2. The molecule has 0 spiro atoms. The number of hydrogen-bond donors (Lipinski definition) is 2. The molecule has 0 bridgehead atoms. The van der Waals surface area contributed by atoms with Crippen molar-refractivity contribution in [2.24, 2.45) is 5.92 Å². The van der Waals surface area contributed by atoms with Crippen LogP contribution in [0.1, 0.15) is 23.4 Å². The van der Waals surface area contributed by atoms with Crippen molar-refractivity contribution in [2.45, 2.75) is 26.7 Å². The topological polar surface area (TPSA) is 74.3 Å². The molecule has 6 nitrogen and oxygen atoms in total. The quantitative estimate of drug-likeness (QED) is 0.724. The zero-order valence-corrected chi connectivity index (χ0v) is 18.0. The molecule has 2 amide bonds. The number of carbonyl (C=O) groups excluding carboxylic acids is 2. The monoisotopic (exact) mass is 440 g/mol. The van der Waals surface area contributed by atoms with Crippen molar-refractivity contribution < 1.29 is 9.59 Å². The molecule has 3 rings (SSSR count). The van der Waals surface area contributed by atoms with E-state index < -0.39 is 0 Å². The smallest absolute Gasteiger partial charge is 0.240 e. The lowest BCUT2D eigenvalue weighted by Gasteiger charge is -2.31. The lowest BCUT2D eigenvalue weighted by atomic mass is 9.97. The summed E-state index contributed by atoms with van der Waals surface area (Å²) in [5.74, 6) is -0.366. The number of likely N-dealkylation sites (tertiary alicyclic amines) is 1. The van der Waals surface area contributed by atoms with Gasteiger partial charge in [-0.2, -0.15) is 0 Å². The van der Waals surface area contributed by atoms with Gasteiger partial charge < -0.3 is 10.6 Å². The van der Waals surface area contributed by atoms with Gasteiger partial charge in [0.25, 0.3) is 0 Å². The molecule has 0 aliphatic carbocycles. The van der Waals surface area contributed by atoms with E-state index in [0.29, 0.717) is 27.4 Å². The first-order valence-corrected chi connectivity index (χ1v) is 10.6. The average molecular weight is 441 g/mol. The number of anilines is 2. The molecule has 1 aliphatic heterocycles. The highest BCUT2D eigenvalue weighted by atomic mass is 35.5. The summed E-state index contributed by atoms with van der Waals surface area (Å²) >= 11 is 13.4. The van der Waals surface area contributed by atoms with Crippen LogP contribution in [0.15, 0.2) is 18.2 Å². The predicted octanol–water partition coefficient (Wildman–Crippen LogP) is 4.36. The van der Waals surface area contributed by atoms with Crippen LogP contribution in [-0.4, -0.2) is 41.3 Å². The molecule has 9 heteroatoms. The number of aryl methyl sites for hydroxylation is 2. The van der Waals surface area contributed by atoms with Crippen LogP contribution in [0.25, 0.3) is 0 Å². The van der Waals surface area contributed by atoms with Crippen LogP contribution in [-0.2, 0) is 9.59 Å². The second kappa shape index (κ2) is 9.22. The summed E-state index contributed by atoms with van der Waals surface area (Å²) < 4.78 is 0. The van der Waals surface area contributed by atoms with Gasteiger partial charge in [0, 0.05) is 17.1 Å². The van der Waals surface area contributed by atoms with Crippen LogP contribution in [0.4, 0.5) is 10.8 Å². The summed E-state index contributed by atoms with van der Waals surface area (Å²) in [5, 5.41) is 7.19. The second-order valence-electron chi connectivity index (χ2n) is 6.90. The van der Waals surface area contributed by atoms with Gasteiger partial charge in [-0.1, -0.05) is 23.2 Å². The number of piperidine rings is 1. The molecule has 1 aromatic heterocycles. The largest absolute Gasteiger partial charge is 0.326 e. The van der Waals surface area contributed by atoms with Crippen molar-refractivity contribution in [3.8, 4) is 0 Å². The first-order valence-electron chi connectivity index (χ1n) is 9.04. The minimum absolute atomic E-state index is 0.0744. The van der Waals surface area contributed by atoms with Crippen molar-refractivity contribution in [2.75, 3.05) is 30.3 Å². The molecule has 1 aromatic carbocycles. The number of nitrogens with one attached hydrogen (secondary N) is 2. The third kappa shape index (κ3) is 5.44. The average Bonchev–Trinajstić information content (AvgIpc) is 2.95. The molecule has 150 valence electrons. The Bertz CT molecular complexity index is 867. The maximum Gasteiger partial charge on any atom is 0.240 e. The van der Waals surface area contributed by atoms with Crippen molar-refractivity contribution in [3.05, 3.63) is 38.8 Å². The molecule has 1 aliphatic rings. The van der Waals surface area contributed by atoms with E-state index in [1.165, 1.54) is 11.3 Å². The molecule has 2 heterocycles. The number of carbonyl (C=O) groups is 2. The van der Waals surface area contributed by atoms with Gasteiger partial charge in [0.1, 0.15) is 0 Å². The Balaban J connectivity index is 1.53. The Morgan fingerprint density at radius 2 is 2.04 bits per heavy atom. The number of rotatable bonds is 5. The van der Waals surface area contributed by atoms with Gasteiger partial charge >= 0.3 is 0 Å². The lowest BCUT2D eigenvalue weighted by molar-refractivity contribution is -0.123. The van der Waals surface area contributed by atoms with E-state index in [-0.39, 0.29) is 24.3 Å². The van der Waals surface area contributed by atoms with Gasteiger partial charge in [0.05, 0.1) is 28.2 Å². The van der Waals surface area contributed by atoms with Gasteiger partial charge in [-0.3, -0.25) is 14.5 Å². The first kappa shape index (κ1) is 21.0. The number of nitrogens with zero attached hydrogens (tertiary/aromatic N) is 2. The zero-order valence-electron chi connectivity index (χ0n) is 15.7. The van der Waals surface area contributed by atoms with Crippen molar-refractivity contribution in [1.29, 1.82) is 0 Å². The van der Waals surface area contributed by atoms with Gasteiger partial charge in [-0.05, 0) is 51.4 Å². The number of amides is 2. The minimum Gasteiger partial charge on any atom is -0.326 e. The van der Waals surface area contributed by atoms with Crippen LogP contribution in [0, 0.1) is 19.8 Å². The third-order valence-electron chi connectivity index (χ3n) is 4.71. The van der Waals surface area contributed by atoms with Gasteiger partial charge in [-0.15, -0.1) is 11.3 Å². The summed E-state index contributed by atoms with van der Waals surface area (Å²) in [6.45, 7) is 5.47. The maximum atomic E-state index is 12.6. The summed E-state index contributed by atoms with van der Waals surface area (Å²) in [6.07, 6.45) is 1.65. The fraction of sp³-hybridized carbons (Fsp3) is 0.421. The Labute approximate surface area is 178 Å². The van der Waals surface area contributed by atoms with E-state index in [1.807, 2.05) is 18.7 Å². The third-order valence-corrected chi connectivity index (χ3v) is 6.43. The van der Waals surface area contributed by atoms with Crippen LogP contribution in [0.5, 0.6) is 0 Å². The van der Waals surface area contributed by atoms with E-state index in [1.54, 1.807) is 18.2 Å². The fourth-order valence-corrected chi connectivity index (χ4v) is 4.25. The summed E-state index contributed by atoms with van der Waals surface area (Å²) in [6, 6.07) is 5.01. The highest BCUT2D eigenvalue weighted by Crippen LogP contribution is 2.26. The molecular formula is C19H22Cl2N4O2S. The van der Waals surface area contributed by atoms with Crippen LogP contribution in [0.3, 0.4) is 0 Å². The Kier molecular flexibility index (Phi) is 6.93. The number of hydrogen-bond acceptors (Lipinski definition) is 5. The maximum absolute atomic E-state index is 12.6. The molecule has 1 fully saturated rings. The Hall–Kier alpha value is -1.67. The van der Waals surface area contributed by atoms with Crippen molar-refractivity contribution >= 4 is 57.2 Å². The van der Waals surface area contributed by atoms with Crippen molar-refractivity contribution in [3.63, 3.8) is 0 Å². The van der Waals surface area contributed by atoms with Crippen LogP contribution in [0.2, 0.25) is 10.0 Å². The van der Waals surface area contributed by atoms with Crippen molar-refractivity contribution in [1.82, 2.24) is 9.88 Å².